The van der Waals surface area contributed by atoms with Crippen molar-refractivity contribution in [1.29, 1.82) is 0 Å². The van der Waals surface area contributed by atoms with Crippen molar-refractivity contribution in [2.24, 2.45) is 5.92 Å². The van der Waals surface area contributed by atoms with Gasteiger partial charge in [0.2, 0.25) is 0 Å². The van der Waals surface area contributed by atoms with E-state index >= 15 is 0 Å². The SMILES string of the molecule is O=C(c1ccc2c(c1)OCCO2)N1CCCC2CCCC21. The lowest BCUT2D eigenvalue weighted by Crippen LogP contribution is -2.46. The second-order valence-corrected chi connectivity index (χ2v) is 6.26. The average Bonchev–Trinajstić information content (AvgIpc) is 3.02. The van der Waals surface area contributed by atoms with Crippen LogP contribution in [0, 0.1) is 5.92 Å². The van der Waals surface area contributed by atoms with E-state index in [0.717, 1.165) is 30.2 Å². The van der Waals surface area contributed by atoms with Crippen LogP contribution in [0.4, 0.5) is 0 Å². The van der Waals surface area contributed by atoms with Crippen molar-refractivity contribution in [1.82, 2.24) is 4.90 Å². The molecule has 4 rings (SSSR count). The molecule has 1 aromatic rings. The van der Waals surface area contributed by atoms with Gasteiger partial charge in [0.05, 0.1) is 0 Å². The van der Waals surface area contributed by atoms with E-state index < -0.39 is 0 Å². The molecule has 0 bridgehead atoms. The summed E-state index contributed by atoms with van der Waals surface area (Å²) >= 11 is 0. The number of rotatable bonds is 1. The molecule has 0 spiro atoms. The molecule has 1 aromatic carbocycles. The monoisotopic (exact) mass is 287 g/mol. The van der Waals surface area contributed by atoms with Crippen LogP contribution in [0.2, 0.25) is 0 Å². The van der Waals surface area contributed by atoms with Crippen LogP contribution in [0.25, 0.3) is 0 Å². The van der Waals surface area contributed by atoms with Gasteiger partial charge < -0.3 is 14.4 Å². The first-order valence-electron chi connectivity index (χ1n) is 8.03. The van der Waals surface area contributed by atoms with E-state index in [1.54, 1.807) is 0 Å². The lowest BCUT2D eigenvalue weighted by molar-refractivity contribution is 0.0547. The Bertz CT molecular complexity index is 557. The molecule has 0 radical (unpaired) electrons. The molecular formula is C17H21NO3. The fourth-order valence-corrected chi connectivity index (χ4v) is 4.05. The maximum atomic E-state index is 12.9. The molecule has 21 heavy (non-hydrogen) atoms. The third-order valence-electron chi connectivity index (χ3n) is 5.04. The summed E-state index contributed by atoms with van der Waals surface area (Å²) in [6.45, 7) is 2.03. The van der Waals surface area contributed by atoms with Crippen molar-refractivity contribution in [2.75, 3.05) is 19.8 Å². The number of nitrogens with zero attached hydrogens (tertiary/aromatic N) is 1. The van der Waals surface area contributed by atoms with E-state index in [2.05, 4.69) is 4.90 Å². The first-order valence-corrected chi connectivity index (χ1v) is 8.03. The standard InChI is InChI=1S/C17H21NO3/c19-17(18-8-2-4-12-3-1-5-14(12)18)13-6-7-15-16(11-13)21-10-9-20-15/h6-7,11-12,14H,1-5,8-10H2. The summed E-state index contributed by atoms with van der Waals surface area (Å²) in [5.41, 5.74) is 0.729. The minimum Gasteiger partial charge on any atom is -0.486 e. The molecule has 1 aliphatic carbocycles. The van der Waals surface area contributed by atoms with Crippen molar-refractivity contribution in [3.63, 3.8) is 0 Å². The number of ether oxygens (including phenoxy) is 2. The Balaban J connectivity index is 1.59. The van der Waals surface area contributed by atoms with E-state index in [1.165, 1.54) is 25.7 Å². The van der Waals surface area contributed by atoms with Gasteiger partial charge in [-0.1, -0.05) is 6.42 Å². The molecule has 4 heteroatoms. The number of carbonyl (C=O) groups excluding carboxylic acids is 1. The van der Waals surface area contributed by atoms with Crippen molar-refractivity contribution in [3.8, 4) is 11.5 Å². The van der Waals surface area contributed by atoms with Crippen molar-refractivity contribution < 1.29 is 14.3 Å². The first-order chi connectivity index (χ1) is 10.3. The van der Waals surface area contributed by atoms with Gasteiger partial charge in [-0.05, 0) is 49.8 Å². The topological polar surface area (TPSA) is 38.8 Å². The van der Waals surface area contributed by atoms with Crippen LogP contribution in [0.1, 0.15) is 42.5 Å². The Morgan fingerprint density at radius 2 is 1.86 bits per heavy atom. The number of piperidine rings is 1. The minimum absolute atomic E-state index is 0.156. The Morgan fingerprint density at radius 1 is 1.05 bits per heavy atom. The smallest absolute Gasteiger partial charge is 0.254 e. The van der Waals surface area contributed by atoms with Gasteiger partial charge in [0.1, 0.15) is 13.2 Å². The molecule has 2 heterocycles. The van der Waals surface area contributed by atoms with Crippen LogP contribution in [0.3, 0.4) is 0 Å². The van der Waals surface area contributed by atoms with Gasteiger partial charge in [0.25, 0.3) is 5.91 Å². The highest BCUT2D eigenvalue weighted by Crippen LogP contribution is 2.38. The summed E-state index contributed by atoms with van der Waals surface area (Å²) in [4.78, 5) is 15.0. The van der Waals surface area contributed by atoms with Gasteiger partial charge in [0.15, 0.2) is 11.5 Å². The zero-order valence-electron chi connectivity index (χ0n) is 12.2. The van der Waals surface area contributed by atoms with E-state index in [0.29, 0.717) is 25.0 Å². The minimum atomic E-state index is 0.156. The second kappa shape index (κ2) is 5.24. The highest BCUT2D eigenvalue weighted by Gasteiger charge is 2.37. The predicted octanol–water partition coefficient (Wildman–Crippen LogP) is 2.86. The van der Waals surface area contributed by atoms with Gasteiger partial charge in [-0.2, -0.15) is 0 Å². The van der Waals surface area contributed by atoms with Crippen molar-refractivity contribution >= 4 is 5.91 Å². The number of benzene rings is 1. The van der Waals surface area contributed by atoms with Gasteiger partial charge >= 0.3 is 0 Å². The molecule has 4 nitrogen and oxygen atoms in total. The first kappa shape index (κ1) is 13.0. The Morgan fingerprint density at radius 3 is 2.76 bits per heavy atom. The molecule has 2 unspecified atom stereocenters. The van der Waals surface area contributed by atoms with Crippen LogP contribution in [0.15, 0.2) is 18.2 Å². The zero-order chi connectivity index (χ0) is 14.2. The summed E-state index contributed by atoms with van der Waals surface area (Å²) in [5, 5.41) is 0. The second-order valence-electron chi connectivity index (χ2n) is 6.26. The fourth-order valence-electron chi connectivity index (χ4n) is 4.05. The van der Waals surface area contributed by atoms with Crippen LogP contribution >= 0.6 is 0 Å². The number of carbonyl (C=O) groups is 1. The molecule has 2 aliphatic heterocycles. The molecule has 1 amide bonds. The molecule has 1 saturated carbocycles. The Hall–Kier alpha value is -1.71. The summed E-state index contributed by atoms with van der Waals surface area (Å²) < 4.78 is 11.1. The maximum absolute atomic E-state index is 12.9. The summed E-state index contributed by atoms with van der Waals surface area (Å²) in [6.07, 6.45) is 6.14. The van der Waals surface area contributed by atoms with Gasteiger partial charge in [-0.3, -0.25) is 4.79 Å². The quantitative estimate of drug-likeness (QED) is 0.797. The Kier molecular flexibility index (Phi) is 3.24. The molecule has 0 aromatic heterocycles. The molecule has 0 N–H and O–H groups in total. The third kappa shape index (κ3) is 2.27. The van der Waals surface area contributed by atoms with Crippen LogP contribution < -0.4 is 9.47 Å². The number of amides is 1. The normalized spacial score (nSPS) is 27.3. The fraction of sp³-hybridized carbons (Fsp3) is 0.588. The van der Waals surface area contributed by atoms with E-state index in [4.69, 9.17) is 9.47 Å². The largest absolute Gasteiger partial charge is 0.486 e. The molecule has 112 valence electrons. The molecule has 2 fully saturated rings. The average molecular weight is 287 g/mol. The number of hydrogen-bond acceptors (Lipinski definition) is 3. The molecule has 2 atom stereocenters. The lowest BCUT2D eigenvalue weighted by atomic mass is 9.91. The summed E-state index contributed by atoms with van der Waals surface area (Å²) in [5.74, 6) is 2.32. The molecular weight excluding hydrogens is 266 g/mol. The van der Waals surface area contributed by atoms with Crippen molar-refractivity contribution in [3.05, 3.63) is 23.8 Å². The van der Waals surface area contributed by atoms with Crippen LogP contribution in [0.5, 0.6) is 11.5 Å². The summed E-state index contributed by atoms with van der Waals surface area (Å²) in [6, 6.07) is 6.03. The Labute approximate surface area is 125 Å². The van der Waals surface area contributed by atoms with Gasteiger partial charge in [-0.25, -0.2) is 0 Å². The number of hydrogen-bond donors (Lipinski definition) is 0. The lowest BCUT2D eigenvalue weighted by Gasteiger charge is -2.38. The van der Waals surface area contributed by atoms with Crippen LogP contribution in [-0.4, -0.2) is 36.6 Å². The van der Waals surface area contributed by atoms with E-state index in [1.807, 2.05) is 18.2 Å². The third-order valence-corrected chi connectivity index (χ3v) is 5.04. The predicted molar refractivity (Wildman–Crippen MR) is 78.8 cm³/mol. The highest BCUT2D eigenvalue weighted by molar-refractivity contribution is 5.95. The molecule has 3 aliphatic rings. The van der Waals surface area contributed by atoms with E-state index in [9.17, 15) is 4.79 Å². The maximum Gasteiger partial charge on any atom is 0.254 e. The van der Waals surface area contributed by atoms with Crippen LogP contribution in [-0.2, 0) is 0 Å². The number of fused-ring (bicyclic) bond motifs is 2. The van der Waals surface area contributed by atoms with Crippen molar-refractivity contribution in [2.45, 2.75) is 38.1 Å². The number of likely N-dealkylation sites (tertiary alicyclic amines) is 1. The zero-order valence-corrected chi connectivity index (χ0v) is 12.2. The highest BCUT2D eigenvalue weighted by atomic mass is 16.6. The van der Waals surface area contributed by atoms with Gasteiger partial charge in [0, 0.05) is 18.2 Å². The molecule has 1 saturated heterocycles. The summed E-state index contributed by atoms with van der Waals surface area (Å²) in [7, 11) is 0. The van der Waals surface area contributed by atoms with Gasteiger partial charge in [-0.15, -0.1) is 0 Å². The van der Waals surface area contributed by atoms with E-state index in [-0.39, 0.29) is 5.91 Å².